The summed E-state index contributed by atoms with van der Waals surface area (Å²) in [5.74, 6) is -0.431. The molecule has 0 aliphatic rings. The van der Waals surface area contributed by atoms with Crippen molar-refractivity contribution in [3.8, 4) is 0 Å². The molecule has 1 amide bonds. The Balaban J connectivity index is 2.32. The number of carbonyl (C=O) groups excluding carboxylic acids is 1. The van der Waals surface area contributed by atoms with Crippen molar-refractivity contribution in [2.24, 2.45) is 5.73 Å². The summed E-state index contributed by atoms with van der Waals surface area (Å²) in [6.45, 7) is 1.27. The van der Waals surface area contributed by atoms with Gasteiger partial charge in [-0.05, 0) is 43.2 Å². The van der Waals surface area contributed by atoms with Crippen LogP contribution in [0.2, 0.25) is 0 Å². The second-order valence-electron chi connectivity index (χ2n) is 3.67. The third-order valence-electron chi connectivity index (χ3n) is 2.23. The number of halogens is 1. The Morgan fingerprint density at radius 3 is 2.65 bits per heavy atom. The van der Waals surface area contributed by atoms with Gasteiger partial charge in [0, 0.05) is 12.6 Å². The fraction of sp³-hybridized carbons (Fsp3) is 0.308. The summed E-state index contributed by atoms with van der Waals surface area (Å²) in [6, 6.07) is 5.96. The average Bonchev–Trinajstić information content (AvgIpc) is 2.34. The van der Waals surface area contributed by atoms with Crippen LogP contribution < -0.4 is 11.1 Å². The zero-order chi connectivity index (χ0) is 12.5. The zero-order valence-corrected chi connectivity index (χ0v) is 9.66. The van der Waals surface area contributed by atoms with Gasteiger partial charge in [-0.25, -0.2) is 4.39 Å². The lowest BCUT2D eigenvalue weighted by atomic mass is 10.2. The molecule has 0 saturated heterocycles. The summed E-state index contributed by atoms with van der Waals surface area (Å²) < 4.78 is 12.6. The molecule has 1 aromatic carbocycles. The molecule has 0 fully saturated rings. The Labute approximate surface area is 101 Å². The molecule has 0 unspecified atom stereocenters. The lowest BCUT2D eigenvalue weighted by Gasteiger charge is -2.00. The lowest BCUT2D eigenvalue weighted by molar-refractivity contribution is -0.116. The van der Waals surface area contributed by atoms with Crippen molar-refractivity contribution in [3.05, 3.63) is 41.7 Å². The van der Waals surface area contributed by atoms with Gasteiger partial charge >= 0.3 is 0 Å². The molecular weight excluding hydrogens is 219 g/mol. The second-order valence-corrected chi connectivity index (χ2v) is 3.67. The highest BCUT2D eigenvalue weighted by Crippen LogP contribution is 2.04. The van der Waals surface area contributed by atoms with E-state index in [0.717, 1.165) is 18.4 Å². The van der Waals surface area contributed by atoms with Crippen molar-refractivity contribution in [1.82, 2.24) is 5.32 Å². The van der Waals surface area contributed by atoms with Gasteiger partial charge in [0.05, 0.1) is 0 Å². The summed E-state index contributed by atoms with van der Waals surface area (Å²) in [5, 5.41) is 2.74. The molecule has 0 aliphatic carbocycles. The van der Waals surface area contributed by atoms with Crippen LogP contribution in [0.5, 0.6) is 0 Å². The van der Waals surface area contributed by atoms with Crippen LogP contribution in [-0.4, -0.2) is 19.0 Å². The van der Waals surface area contributed by atoms with Gasteiger partial charge in [-0.2, -0.15) is 0 Å². The summed E-state index contributed by atoms with van der Waals surface area (Å²) >= 11 is 0. The van der Waals surface area contributed by atoms with Gasteiger partial charge in [0.2, 0.25) is 5.91 Å². The number of carbonyl (C=O) groups is 1. The van der Waals surface area contributed by atoms with Crippen molar-refractivity contribution < 1.29 is 9.18 Å². The first-order chi connectivity index (χ1) is 8.22. The molecule has 92 valence electrons. The minimum Gasteiger partial charge on any atom is -0.353 e. The van der Waals surface area contributed by atoms with Crippen molar-refractivity contribution in [2.45, 2.75) is 12.8 Å². The third-order valence-corrected chi connectivity index (χ3v) is 2.23. The van der Waals surface area contributed by atoms with Crippen molar-refractivity contribution in [3.63, 3.8) is 0 Å². The highest BCUT2D eigenvalue weighted by Gasteiger charge is 1.94. The van der Waals surface area contributed by atoms with Gasteiger partial charge in [-0.3, -0.25) is 4.79 Å². The smallest absolute Gasteiger partial charge is 0.243 e. The van der Waals surface area contributed by atoms with Gasteiger partial charge in [-0.1, -0.05) is 12.1 Å². The number of unbranched alkanes of at least 4 members (excludes halogenated alkanes) is 1. The molecule has 0 aromatic heterocycles. The zero-order valence-electron chi connectivity index (χ0n) is 9.66. The molecule has 0 atom stereocenters. The maximum atomic E-state index is 12.6. The molecule has 0 heterocycles. The van der Waals surface area contributed by atoms with Crippen LogP contribution in [-0.2, 0) is 4.79 Å². The number of nitrogens with two attached hydrogens (primary N) is 1. The summed E-state index contributed by atoms with van der Waals surface area (Å²) in [6.07, 6.45) is 4.88. The first-order valence-corrected chi connectivity index (χ1v) is 5.64. The monoisotopic (exact) mass is 236 g/mol. The van der Waals surface area contributed by atoms with Gasteiger partial charge in [0.15, 0.2) is 0 Å². The van der Waals surface area contributed by atoms with Gasteiger partial charge in [0.25, 0.3) is 0 Å². The second kappa shape index (κ2) is 7.57. The first-order valence-electron chi connectivity index (χ1n) is 5.64. The molecule has 3 N–H and O–H groups in total. The predicted octanol–water partition coefficient (Wildman–Crippen LogP) is 1.69. The van der Waals surface area contributed by atoms with E-state index in [1.807, 2.05) is 0 Å². The third kappa shape index (κ3) is 5.82. The molecule has 0 radical (unpaired) electrons. The maximum Gasteiger partial charge on any atom is 0.243 e. The number of nitrogens with one attached hydrogen (secondary N) is 1. The molecular formula is C13H17FN2O. The van der Waals surface area contributed by atoms with E-state index in [9.17, 15) is 9.18 Å². The number of benzene rings is 1. The van der Waals surface area contributed by atoms with E-state index in [2.05, 4.69) is 5.32 Å². The van der Waals surface area contributed by atoms with Crippen molar-refractivity contribution in [1.29, 1.82) is 0 Å². The highest BCUT2D eigenvalue weighted by atomic mass is 19.1. The summed E-state index contributed by atoms with van der Waals surface area (Å²) in [5.41, 5.74) is 6.13. The number of hydrogen-bond acceptors (Lipinski definition) is 2. The standard InChI is InChI=1S/C13H17FN2O/c14-12-6-3-11(4-7-12)5-8-13(17)16-10-2-1-9-15/h3-8H,1-2,9-10,15H2,(H,16,17)/b8-5+. The molecule has 0 bridgehead atoms. The maximum absolute atomic E-state index is 12.6. The molecule has 17 heavy (non-hydrogen) atoms. The molecule has 4 heteroatoms. The van der Waals surface area contributed by atoms with E-state index in [-0.39, 0.29) is 11.7 Å². The molecule has 0 saturated carbocycles. The largest absolute Gasteiger partial charge is 0.353 e. The van der Waals surface area contributed by atoms with Crippen LogP contribution >= 0.6 is 0 Å². The van der Waals surface area contributed by atoms with E-state index in [0.29, 0.717) is 13.1 Å². The number of rotatable bonds is 6. The minimum atomic E-state index is -0.284. The average molecular weight is 236 g/mol. The van der Waals surface area contributed by atoms with Gasteiger partial charge < -0.3 is 11.1 Å². The topological polar surface area (TPSA) is 55.1 Å². The molecule has 0 aliphatic heterocycles. The van der Waals surface area contributed by atoms with E-state index in [1.54, 1.807) is 18.2 Å². The molecule has 1 aromatic rings. The first kappa shape index (κ1) is 13.4. The fourth-order valence-corrected chi connectivity index (χ4v) is 1.29. The van der Waals surface area contributed by atoms with Crippen molar-refractivity contribution >= 4 is 12.0 Å². The van der Waals surface area contributed by atoms with Crippen LogP contribution in [0.3, 0.4) is 0 Å². The molecule has 3 nitrogen and oxygen atoms in total. The van der Waals surface area contributed by atoms with Gasteiger partial charge in [-0.15, -0.1) is 0 Å². The normalized spacial score (nSPS) is 10.7. The van der Waals surface area contributed by atoms with E-state index >= 15 is 0 Å². The highest BCUT2D eigenvalue weighted by molar-refractivity contribution is 5.91. The van der Waals surface area contributed by atoms with Gasteiger partial charge in [0.1, 0.15) is 5.82 Å². The molecule has 0 spiro atoms. The van der Waals surface area contributed by atoms with Crippen molar-refractivity contribution in [2.75, 3.05) is 13.1 Å². The minimum absolute atomic E-state index is 0.147. The summed E-state index contributed by atoms with van der Waals surface area (Å²) in [4.78, 5) is 11.3. The SMILES string of the molecule is NCCCCNC(=O)/C=C/c1ccc(F)cc1. The Hall–Kier alpha value is -1.68. The fourth-order valence-electron chi connectivity index (χ4n) is 1.29. The Kier molecular flexibility index (Phi) is 5.96. The van der Waals surface area contributed by atoms with E-state index in [1.165, 1.54) is 18.2 Å². The van der Waals surface area contributed by atoms with E-state index < -0.39 is 0 Å². The Morgan fingerprint density at radius 2 is 2.00 bits per heavy atom. The predicted molar refractivity (Wildman–Crippen MR) is 66.7 cm³/mol. The lowest BCUT2D eigenvalue weighted by Crippen LogP contribution is -2.22. The van der Waals surface area contributed by atoms with Crippen LogP contribution in [0, 0.1) is 5.82 Å². The quantitative estimate of drug-likeness (QED) is 0.583. The van der Waals surface area contributed by atoms with Crippen LogP contribution in [0.15, 0.2) is 30.3 Å². The Bertz CT molecular complexity index is 374. The number of amides is 1. The number of hydrogen-bond donors (Lipinski definition) is 2. The van der Waals surface area contributed by atoms with E-state index in [4.69, 9.17) is 5.73 Å². The van der Waals surface area contributed by atoms with Crippen LogP contribution in [0.4, 0.5) is 4.39 Å². The van der Waals surface area contributed by atoms with Crippen LogP contribution in [0.25, 0.3) is 6.08 Å². The Morgan fingerprint density at radius 1 is 1.29 bits per heavy atom. The van der Waals surface area contributed by atoms with Crippen LogP contribution in [0.1, 0.15) is 18.4 Å². The summed E-state index contributed by atoms with van der Waals surface area (Å²) in [7, 11) is 0. The molecule has 1 rings (SSSR count).